The minimum Gasteiger partial charge on any atom is -0.240 e. The Morgan fingerprint density at radius 1 is 0.353 bits per heavy atom. The van der Waals surface area contributed by atoms with Gasteiger partial charge in [-0.25, -0.2) is 4.44 Å². The van der Waals surface area contributed by atoms with Crippen molar-refractivity contribution in [2.75, 3.05) is 0 Å². The molecule has 0 saturated carbocycles. The topological polar surface area (TPSA) is 3.24 Å². The Morgan fingerprint density at radius 2 is 0.662 bits per heavy atom. The van der Waals surface area contributed by atoms with Gasteiger partial charge in [0.05, 0.1) is 32.3 Å². The number of unbranched alkanes of at least 4 members (excludes halogenated alkanes) is 6. The van der Waals surface area contributed by atoms with E-state index in [2.05, 4.69) is 213 Å². The fraction of sp³-hybridized carbons (Fsp3) is 0.508. The average molecular weight is 1020 g/mol. The first kappa shape index (κ1) is 56.7. The second kappa shape index (κ2) is 27.6. The second-order valence-corrected chi connectivity index (χ2v) is 46.3. The van der Waals surface area contributed by atoms with E-state index >= 15 is 0 Å². The van der Waals surface area contributed by atoms with Crippen molar-refractivity contribution >= 4 is 90.4 Å². The van der Waals surface area contributed by atoms with Gasteiger partial charge < -0.3 is 0 Å². The molecule has 0 aliphatic rings. The zero-order valence-corrected chi connectivity index (χ0v) is 51.2. The third-order valence-corrected chi connectivity index (χ3v) is 36.1. The predicted molar refractivity (Wildman–Crippen MR) is 325 cm³/mol. The molecule has 0 heterocycles. The van der Waals surface area contributed by atoms with Gasteiger partial charge in [-0.05, 0) is 26.8 Å². The van der Waals surface area contributed by atoms with E-state index in [9.17, 15) is 0 Å². The molecule has 0 aromatic heterocycles. The largest absolute Gasteiger partial charge is 0.240 e. The molecule has 0 bridgehead atoms. The standard InChI is InChI=1S/C61H95NP2Si4/c1-13-19-46-67(47-20-14-2,48-21-15-3)56-42-38-54(39-43-56)63(55-40-44-57(45-41-55)68(49-22-16-4,50-23-17-5)51-24-18-6)62(52-53-32-26-25-27-33-53)64(58-34-28-30-36-60(58)65(7,8)9)59-35-29-31-37-61(59)66(10,11)12/h25-45H,13-24,46-52H2,1-12H3. The van der Waals surface area contributed by atoms with Crippen molar-refractivity contribution in [2.45, 2.75) is 201 Å². The van der Waals surface area contributed by atoms with Crippen LogP contribution in [0.4, 0.5) is 0 Å². The Bertz CT molecular complexity index is 2020. The molecule has 0 spiro atoms. The normalized spacial score (nSPS) is 12.8. The van der Waals surface area contributed by atoms with Crippen LogP contribution in [0.15, 0.2) is 127 Å². The maximum atomic E-state index is 3.10. The summed E-state index contributed by atoms with van der Waals surface area (Å²) in [5.74, 6) is 0. The molecule has 0 aliphatic heterocycles. The maximum absolute atomic E-state index is 3.10. The van der Waals surface area contributed by atoms with Crippen molar-refractivity contribution < 1.29 is 0 Å². The van der Waals surface area contributed by atoms with Gasteiger partial charge in [0.2, 0.25) is 0 Å². The van der Waals surface area contributed by atoms with Crippen molar-refractivity contribution in [2.24, 2.45) is 0 Å². The Morgan fingerprint density at radius 3 is 0.971 bits per heavy atom. The fourth-order valence-electron chi connectivity index (χ4n) is 11.0. The van der Waals surface area contributed by atoms with Crippen LogP contribution in [-0.4, -0.2) is 36.7 Å². The van der Waals surface area contributed by atoms with E-state index < -0.39 is 48.4 Å². The van der Waals surface area contributed by atoms with E-state index in [1.165, 1.54) is 129 Å². The average Bonchev–Trinajstić information content (AvgIpc) is 3.34. The fourth-order valence-corrected chi connectivity index (χ4v) is 33.7. The predicted octanol–water partition coefficient (Wildman–Crippen LogP) is 15.8. The Kier molecular flexibility index (Phi) is 23.0. The van der Waals surface area contributed by atoms with Crippen LogP contribution in [0, 0.1) is 0 Å². The highest BCUT2D eigenvalue weighted by atomic mass is 31.2. The second-order valence-electron chi connectivity index (χ2n) is 22.4. The molecule has 7 heteroatoms. The highest BCUT2D eigenvalue weighted by Crippen LogP contribution is 2.55. The van der Waals surface area contributed by atoms with Gasteiger partial charge in [-0.15, -0.1) is 0 Å². The van der Waals surface area contributed by atoms with E-state index in [1.54, 1.807) is 31.4 Å². The molecular weight excluding hydrogens is 921 g/mol. The summed E-state index contributed by atoms with van der Waals surface area (Å²) in [7, 11) is -8.85. The van der Waals surface area contributed by atoms with Gasteiger partial charge in [0.15, 0.2) is 0 Å². The quantitative estimate of drug-likeness (QED) is 0.0327. The van der Waals surface area contributed by atoms with Crippen LogP contribution >= 0.6 is 16.1 Å². The number of hydrogen-bond acceptors (Lipinski definition) is 1. The summed E-state index contributed by atoms with van der Waals surface area (Å²) < 4.78 is 3.10. The lowest BCUT2D eigenvalue weighted by Crippen LogP contribution is -2.52. The Balaban J connectivity index is 1.89. The molecule has 0 N–H and O–H groups in total. The first-order valence-electron chi connectivity index (χ1n) is 27.5. The molecule has 370 valence electrons. The first-order chi connectivity index (χ1) is 32.7. The Hall–Kier alpha value is -2.21. The summed E-state index contributed by atoms with van der Waals surface area (Å²) in [5.41, 5.74) is 1.41. The lowest BCUT2D eigenvalue weighted by molar-refractivity contribution is 0.717. The molecular formula is C61H95NP2Si4. The minimum atomic E-state index is -1.77. The van der Waals surface area contributed by atoms with Gasteiger partial charge >= 0.3 is 0 Å². The molecule has 0 aliphatic carbocycles. The van der Waals surface area contributed by atoms with Crippen LogP contribution in [0.5, 0.6) is 0 Å². The smallest absolute Gasteiger partial charge is 0.0867 e. The molecule has 5 aromatic carbocycles. The number of benzene rings is 5. The molecule has 1 nitrogen and oxygen atoms in total. The third-order valence-electron chi connectivity index (χ3n) is 15.0. The highest BCUT2D eigenvalue weighted by Gasteiger charge is 2.39. The lowest BCUT2D eigenvalue weighted by atomic mass is 10.2. The van der Waals surface area contributed by atoms with E-state index in [4.69, 9.17) is 0 Å². The molecule has 0 fully saturated rings. The molecule has 0 saturated heterocycles. The molecule has 0 amide bonds. The van der Waals surface area contributed by atoms with E-state index in [1.807, 2.05) is 0 Å². The zero-order valence-electron chi connectivity index (χ0n) is 45.4. The van der Waals surface area contributed by atoms with E-state index in [0.717, 1.165) is 6.54 Å². The van der Waals surface area contributed by atoms with Crippen molar-refractivity contribution in [3.05, 3.63) is 133 Å². The highest BCUT2D eigenvalue weighted by molar-refractivity contribution is 7.85. The van der Waals surface area contributed by atoms with Crippen LogP contribution in [-0.2, 0) is 6.54 Å². The summed E-state index contributed by atoms with van der Waals surface area (Å²) in [4.78, 5) is 0. The first-order valence-corrected chi connectivity index (χ1v) is 42.4. The van der Waals surface area contributed by atoms with E-state index in [0.29, 0.717) is 0 Å². The van der Waals surface area contributed by atoms with Crippen LogP contribution in [0.1, 0.15) is 124 Å². The van der Waals surface area contributed by atoms with Crippen molar-refractivity contribution in [3.63, 3.8) is 0 Å². The van der Waals surface area contributed by atoms with E-state index in [-0.39, 0.29) is 0 Å². The zero-order chi connectivity index (χ0) is 49.2. The number of nitrogens with zero attached hydrogens (tertiary/aromatic N) is 1. The van der Waals surface area contributed by atoms with Crippen molar-refractivity contribution in [1.82, 2.24) is 4.44 Å². The van der Waals surface area contributed by atoms with Gasteiger partial charge in [0.1, 0.15) is 0 Å². The molecule has 0 unspecified atom stereocenters. The van der Waals surface area contributed by atoms with Crippen LogP contribution in [0.2, 0.25) is 75.5 Å². The van der Waals surface area contributed by atoms with Gasteiger partial charge in [-0.1, -0.05) is 342 Å². The minimum absolute atomic E-state index is 0.909. The molecule has 0 atom stereocenters. The van der Waals surface area contributed by atoms with Crippen LogP contribution < -0.4 is 42.0 Å². The third kappa shape index (κ3) is 14.9. The van der Waals surface area contributed by atoms with Gasteiger partial charge in [0, 0.05) is 22.7 Å². The summed E-state index contributed by atoms with van der Waals surface area (Å²) in [5, 5.41) is 12.9. The monoisotopic (exact) mass is 1020 g/mol. The lowest BCUT2D eigenvalue weighted by Gasteiger charge is -2.42. The van der Waals surface area contributed by atoms with Crippen LogP contribution in [0.3, 0.4) is 0 Å². The Labute approximate surface area is 425 Å². The van der Waals surface area contributed by atoms with Crippen molar-refractivity contribution in [3.8, 4) is 0 Å². The van der Waals surface area contributed by atoms with Gasteiger partial charge in [0.25, 0.3) is 0 Å². The molecule has 0 radical (unpaired) electrons. The van der Waals surface area contributed by atoms with Gasteiger partial charge in [-0.2, -0.15) is 0 Å². The number of hydrogen-bond donors (Lipinski definition) is 0. The molecule has 5 rings (SSSR count). The SMILES string of the molecule is CCCC[Si](CCCC)(CCCC)c1ccc(P(c2ccc([Si](CCCC)(CCCC)CCCC)cc2)N(Cc2ccccc2)P(c2ccccc2[Si](C)(C)C)c2ccccc2[Si](C)(C)C)cc1. The molecule has 5 aromatic rings. The summed E-state index contributed by atoms with van der Waals surface area (Å²) in [6.07, 6.45) is 15.9. The molecule has 68 heavy (non-hydrogen) atoms. The van der Waals surface area contributed by atoms with Gasteiger partial charge in [-0.3, -0.25) is 0 Å². The van der Waals surface area contributed by atoms with Crippen molar-refractivity contribution in [1.29, 1.82) is 0 Å². The summed E-state index contributed by atoms with van der Waals surface area (Å²) in [6, 6.07) is 61.1. The summed E-state index contributed by atoms with van der Waals surface area (Å²) in [6.45, 7) is 30.8. The summed E-state index contributed by atoms with van der Waals surface area (Å²) >= 11 is 0. The van der Waals surface area contributed by atoms with Crippen LogP contribution in [0.25, 0.3) is 0 Å². The maximum Gasteiger partial charge on any atom is 0.0867 e. The number of rotatable bonds is 30.